The molecule has 0 spiro atoms. The Balaban J connectivity index is 1.64. The third-order valence-electron chi connectivity index (χ3n) is 5.17. The van der Waals surface area contributed by atoms with Crippen molar-refractivity contribution < 1.29 is 14.4 Å². The molecule has 8 heteroatoms. The Morgan fingerprint density at radius 2 is 1.83 bits per heavy atom. The van der Waals surface area contributed by atoms with Gasteiger partial charge in [0.2, 0.25) is 6.20 Å². The summed E-state index contributed by atoms with van der Waals surface area (Å²) in [7, 11) is 0. The first-order valence-electron chi connectivity index (χ1n) is 9.35. The number of rotatable bonds is 4. The first-order chi connectivity index (χ1) is 14.4. The van der Waals surface area contributed by atoms with Gasteiger partial charge in [-0.3, -0.25) is 0 Å². The number of aromatic hydroxyl groups is 1. The van der Waals surface area contributed by atoms with Gasteiger partial charge in [0.15, 0.2) is 12.3 Å². The van der Waals surface area contributed by atoms with E-state index in [1.54, 1.807) is 29.1 Å². The van der Waals surface area contributed by atoms with Crippen molar-refractivity contribution in [3.05, 3.63) is 68.6 Å². The normalized spacial score (nSPS) is 13.9. The molecule has 5 rings (SSSR count). The fraction of sp³-hybridized carbons (Fsp3) is 0.182. The molecular formula is C22H15Cl4N2O2+. The highest BCUT2D eigenvalue weighted by molar-refractivity contribution is 6.40. The van der Waals surface area contributed by atoms with E-state index < -0.39 is 0 Å². The standard InChI is InChI=1S/C22H14Cl4N2O2/c23-15-3-1-2-14-18(15)16(29)10-28(22(14)26)9-11-4-7-13-19(20(11)24)17(8-27-21(13)25)30-12-5-6-12/h1-4,7-8,10,12H,5-6,9H2/p+1. The molecule has 1 aliphatic rings. The van der Waals surface area contributed by atoms with E-state index in [0.717, 1.165) is 29.2 Å². The molecule has 1 saturated carbocycles. The quantitative estimate of drug-likeness (QED) is 0.265. The molecule has 1 N–H and O–H groups in total. The third-order valence-corrected chi connectivity index (χ3v) is 6.64. The number of pyridine rings is 2. The Bertz CT molecular complexity index is 1320. The van der Waals surface area contributed by atoms with Gasteiger partial charge in [-0.1, -0.05) is 53.0 Å². The van der Waals surface area contributed by atoms with Crippen LogP contribution in [0.2, 0.25) is 20.4 Å². The Morgan fingerprint density at radius 3 is 2.60 bits per heavy atom. The smallest absolute Gasteiger partial charge is 0.283 e. The summed E-state index contributed by atoms with van der Waals surface area (Å²) in [5, 5.41) is 14.9. The second kappa shape index (κ2) is 7.61. The summed E-state index contributed by atoms with van der Waals surface area (Å²) in [5.74, 6) is 0.662. The maximum Gasteiger partial charge on any atom is 0.283 e. The van der Waals surface area contributed by atoms with Gasteiger partial charge in [-0.05, 0) is 36.6 Å². The van der Waals surface area contributed by atoms with Gasteiger partial charge in [-0.25, -0.2) is 4.98 Å². The van der Waals surface area contributed by atoms with E-state index in [1.165, 1.54) is 0 Å². The van der Waals surface area contributed by atoms with E-state index >= 15 is 0 Å². The van der Waals surface area contributed by atoms with Crippen molar-refractivity contribution in [1.82, 2.24) is 4.98 Å². The van der Waals surface area contributed by atoms with Crippen LogP contribution in [0.15, 0.2) is 42.7 Å². The third kappa shape index (κ3) is 3.42. The molecule has 2 aromatic carbocycles. The summed E-state index contributed by atoms with van der Waals surface area (Å²) < 4.78 is 7.73. The van der Waals surface area contributed by atoms with Crippen LogP contribution in [-0.2, 0) is 6.54 Å². The molecule has 2 heterocycles. The molecule has 152 valence electrons. The van der Waals surface area contributed by atoms with Crippen molar-refractivity contribution in [1.29, 1.82) is 0 Å². The molecule has 0 amide bonds. The molecule has 4 aromatic rings. The highest BCUT2D eigenvalue weighted by Gasteiger charge is 2.26. The maximum atomic E-state index is 10.5. The van der Waals surface area contributed by atoms with E-state index in [-0.39, 0.29) is 11.9 Å². The zero-order chi connectivity index (χ0) is 21.0. The number of aromatic nitrogens is 2. The van der Waals surface area contributed by atoms with Gasteiger partial charge < -0.3 is 9.84 Å². The van der Waals surface area contributed by atoms with Crippen LogP contribution in [0.25, 0.3) is 21.5 Å². The van der Waals surface area contributed by atoms with Gasteiger partial charge in [-0.15, -0.1) is 0 Å². The van der Waals surface area contributed by atoms with Crippen LogP contribution in [0.3, 0.4) is 0 Å². The molecule has 0 bridgehead atoms. The molecular weight excluding hydrogens is 466 g/mol. The van der Waals surface area contributed by atoms with Crippen LogP contribution in [0, 0.1) is 0 Å². The summed E-state index contributed by atoms with van der Waals surface area (Å²) in [6, 6.07) is 9.07. The van der Waals surface area contributed by atoms with Gasteiger partial charge in [-0.2, -0.15) is 4.57 Å². The van der Waals surface area contributed by atoms with Crippen LogP contribution < -0.4 is 9.30 Å². The predicted molar refractivity (Wildman–Crippen MR) is 120 cm³/mol. The molecule has 0 aliphatic heterocycles. The summed E-state index contributed by atoms with van der Waals surface area (Å²) in [6.07, 6.45) is 5.40. The van der Waals surface area contributed by atoms with Crippen LogP contribution in [-0.4, -0.2) is 16.2 Å². The SMILES string of the molecule is Oc1c[n+](Cc2ccc3c(Cl)ncc(OC4CC4)c3c2Cl)c(Cl)c2cccc(Cl)c12. The number of hydrogen-bond acceptors (Lipinski definition) is 3. The molecule has 4 nitrogen and oxygen atoms in total. The lowest BCUT2D eigenvalue weighted by Crippen LogP contribution is -2.35. The van der Waals surface area contributed by atoms with Gasteiger partial charge in [0.1, 0.15) is 10.9 Å². The van der Waals surface area contributed by atoms with Gasteiger partial charge >= 0.3 is 0 Å². The van der Waals surface area contributed by atoms with Crippen LogP contribution >= 0.6 is 46.4 Å². The lowest BCUT2D eigenvalue weighted by Gasteiger charge is -2.13. The van der Waals surface area contributed by atoms with Crippen LogP contribution in [0.5, 0.6) is 11.5 Å². The van der Waals surface area contributed by atoms with Crippen molar-refractivity contribution >= 4 is 67.9 Å². The van der Waals surface area contributed by atoms with Crippen molar-refractivity contribution in [2.45, 2.75) is 25.5 Å². The number of ether oxygens (including phenoxy) is 1. The van der Waals surface area contributed by atoms with E-state index in [2.05, 4.69) is 4.98 Å². The molecule has 0 atom stereocenters. The lowest BCUT2D eigenvalue weighted by atomic mass is 10.1. The summed E-state index contributed by atoms with van der Waals surface area (Å²) in [4.78, 5) is 4.22. The van der Waals surface area contributed by atoms with Gasteiger partial charge in [0.25, 0.3) is 5.15 Å². The monoisotopic (exact) mass is 479 g/mol. The molecule has 30 heavy (non-hydrogen) atoms. The van der Waals surface area contributed by atoms with Crippen LogP contribution in [0.4, 0.5) is 0 Å². The fourth-order valence-corrected chi connectivity index (χ4v) is 4.60. The Kier molecular flexibility index (Phi) is 5.06. The topological polar surface area (TPSA) is 46.2 Å². The van der Waals surface area contributed by atoms with E-state index in [0.29, 0.717) is 43.4 Å². The number of hydrogen-bond donors (Lipinski definition) is 1. The second-order valence-corrected chi connectivity index (χ2v) is 8.79. The summed E-state index contributed by atoms with van der Waals surface area (Å²) in [6.45, 7) is 0.340. The molecule has 0 saturated heterocycles. The number of benzene rings is 2. The summed E-state index contributed by atoms with van der Waals surface area (Å²) >= 11 is 26.0. The zero-order valence-electron chi connectivity index (χ0n) is 15.5. The van der Waals surface area contributed by atoms with E-state index in [9.17, 15) is 5.11 Å². The van der Waals surface area contributed by atoms with Crippen molar-refractivity contribution in [2.24, 2.45) is 0 Å². The minimum Gasteiger partial charge on any atom is -0.502 e. The highest BCUT2D eigenvalue weighted by atomic mass is 35.5. The van der Waals surface area contributed by atoms with E-state index in [4.69, 9.17) is 51.1 Å². The fourth-order valence-electron chi connectivity index (χ4n) is 3.54. The average molecular weight is 481 g/mol. The summed E-state index contributed by atoms with van der Waals surface area (Å²) in [5.41, 5.74) is 0.805. The maximum absolute atomic E-state index is 10.5. The van der Waals surface area contributed by atoms with Crippen LogP contribution in [0.1, 0.15) is 18.4 Å². The van der Waals surface area contributed by atoms with Crippen molar-refractivity contribution in [3.63, 3.8) is 0 Å². The minimum absolute atomic E-state index is 0.0434. The molecule has 1 aliphatic carbocycles. The Labute approximate surface area is 192 Å². The highest BCUT2D eigenvalue weighted by Crippen LogP contribution is 2.40. The Hall–Kier alpha value is -1.98. The first-order valence-corrected chi connectivity index (χ1v) is 10.9. The molecule has 1 fully saturated rings. The second-order valence-electron chi connectivity index (χ2n) is 7.29. The van der Waals surface area contributed by atoms with E-state index in [1.807, 2.05) is 18.2 Å². The minimum atomic E-state index is 0.0434. The number of nitrogens with zero attached hydrogens (tertiary/aromatic N) is 2. The predicted octanol–water partition coefficient (Wildman–Crippen LogP) is 6.58. The van der Waals surface area contributed by atoms with Crippen molar-refractivity contribution in [2.75, 3.05) is 0 Å². The Morgan fingerprint density at radius 1 is 1.03 bits per heavy atom. The largest absolute Gasteiger partial charge is 0.502 e. The van der Waals surface area contributed by atoms with Gasteiger partial charge in [0.05, 0.1) is 33.1 Å². The van der Waals surface area contributed by atoms with Crippen molar-refractivity contribution in [3.8, 4) is 11.5 Å². The zero-order valence-corrected chi connectivity index (χ0v) is 18.5. The number of fused-ring (bicyclic) bond motifs is 2. The molecule has 0 radical (unpaired) electrons. The molecule has 0 unspecified atom stereocenters. The molecule has 2 aromatic heterocycles. The van der Waals surface area contributed by atoms with Gasteiger partial charge in [0, 0.05) is 16.3 Å². The number of halogens is 4. The lowest BCUT2D eigenvalue weighted by molar-refractivity contribution is -0.685. The first kappa shape index (κ1) is 20.0. The average Bonchev–Trinajstić information content (AvgIpc) is 3.53.